The van der Waals surface area contributed by atoms with E-state index in [2.05, 4.69) is 35.5 Å². The third-order valence-corrected chi connectivity index (χ3v) is 3.35. The van der Waals surface area contributed by atoms with E-state index in [0.29, 0.717) is 24.2 Å². The third-order valence-electron chi connectivity index (χ3n) is 3.35. The number of hydrogen-bond acceptors (Lipinski definition) is 4. The summed E-state index contributed by atoms with van der Waals surface area (Å²) in [5.74, 6) is 1.46. The first-order valence-corrected chi connectivity index (χ1v) is 5.75. The zero-order chi connectivity index (χ0) is 12.5. The average molecular weight is 234 g/mol. The number of nitrogens with zero attached hydrogens (tertiary/aromatic N) is 3. The molecule has 0 saturated carbocycles. The zero-order valence-corrected chi connectivity index (χ0v) is 10.4. The van der Waals surface area contributed by atoms with Crippen LogP contribution in [0.2, 0.25) is 0 Å². The van der Waals surface area contributed by atoms with Crippen LogP contribution in [0.25, 0.3) is 0 Å². The van der Waals surface area contributed by atoms with Crippen molar-refractivity contribution in [1.29, 1.82) is 0 Å². The molecule has 1 atom stereocenters. The van der Waals surface area contributed by atoms with Crippen LogP contribution in [0.4, 0.5) is 0 Å². The fourth-order valence-electron chi connectivity index (χ4n) is 1.84. The molecule has 0 unspecified atom stereocenters. The SMILES string of the molecule is CC(C)[C@](C)(c1nc(CN)no1)n1cccc1. The van der Waals surface area contributed by atoms with Crippen LogP contribution in [0, 0.1) is 5.92 Å². The van der Waals surface area contributed by atoms with Crippen molar-refractivity contribution in [1.82, 2.24) is 14.7 Å². The quantitative estimate of drug-likeness (QED) is 0.875. The molecule has 5 heteroatoms. The Morgan fingerprint density at radius 3 is 2.53 bits per heavy atom. The molecule has 0 fully saturated rings. The predicted octanol–water partition coefficient (Wildman–Crippen LogP) is 1.75. The molecular formula is C12H18N4O. The molecule has 0 saturated heterocycles. The van der Waals surface area contributed by atoms with E-state index in [0.717, 1.165) is 0 Å². The Morgan fingerprint density at radius 1 is 1.41 bits per heavy atom. The molecule has 2 N–H and O–H groups in total. The minimum atomic E-state index is -0.343. The van der Waals surface area contributed by atoms with Crippen LogP contribution in [0.1, 0.15) is 32.5 Å². The van der Waals surface area contributed by atoms with E-state index in [1.807, 2.05) is 24.5 Å². The molecule has 2 rings (SSSR count). The number of hydrogen-bond donors (Lipinski definition) is 1. The molecular weight excluding hydrogens is 216 g/mol. The second-order valence-corrected chi connectivity index (χ2v) is 4.61. The van der Waals surface area contributed by atoms with Crippen LogP contribution >= 0.6 is 0 Å². The van der Waals surface area contributed by atoms with Gasteiger partial charge in [-0.05, 0) is 25.0 Å². The Labute approximate surface area is 101 Å². The summed E-state index contributed by atoms with van der Waals surface area (Å²) in [6.45, 7) is 6.65. The summed E-state index contributed by atoms with van der Waals surface area (Å²) in [7, 11) is 0. The van der Waals surface area contributed by atoms with Crippen molar-refractivity contribution in [3.05, 3.63) is 36.2 Å². The zero-order valence-electron chi connectivity index (χ0n) is 10.4. The van der Waals surface area contributed by atoms with Crippen LogP contribution in [0.15, 0.2) is 29.0 Å². The fourth-order valence-corrected chi connectivity index (χ4v) is 1.84. The Hall–Kier alpha value is -1.62. The van der Waals surface area contributed by atoms with E-state index in [1.54, 1.807) is 0 Å². The molecule has 5 nitrogen and oxygen atoms in total. The fraction of sp³-hybridized carbons (Fsp3) is 0.500. The molecule has 0 aliphatic heterocycles. The molecule has 0 bridgehead atoms. The maximum absolute atomic E-state index is 5.51. The van der Waals surface area contributed by atoms with E-state index >= 15 is 0 Å². The number of rotatable bonds is 4. The van der Waals surface area contributed by atoms with E-state index in [9.17, 15) is 0 Å². The highest BCUT2D eigenvalue weighted by molar-refractivity contribution is 5.10. The number of aromatic nitrogens is 3. The third kappa shape index (κ3) is 1.86. The average Bonchev–Trinajstić information content (AvgIpc) is 2.98. The summed E-state index contributed by atoms with van der Waals surface area (Å²) in [6.07, 6.45) is 4.01. The summed E-state index contributed by atoms with van der Waals surface area (Å²) < 4.78 is 7.43. The molecule has 0 spiro atoms. The molecule has 2 heterocycles. The van der Waals surface area contributed by atoms with E-state index in [1.165, 1.54) is 0 Å². The van der Waals surface area contributed by atoms with Crippen molar-refractivity contribution in [3.8, 4) is 0 Å². The maximum atomic E-state index is 5.51. The monoisotopic (exact) mass is 234 g/mol. The van der Waals surface area contributed by atoms with Crippen molar-refractivity contribution in [2.45, 2.75) is 32.9 Å². The van der Waals surface area contributed by atoms with Crippen molar-refractivity contribution in [2.75, 3.05) is 0 Å². The first-order valence-electron chi connectivity index (χ1n) is 5.75. The second-order valence-electron chi connectivity index (χ2n) is 4.61. The van der Waals surface area contributed by atoms with Gasteiger partial charge in [0.1, 0.15) is 5.54 Å². The van der Waals surface area contributed by atoms with Gasteiger partial charge in [0.2, 0.25) is 0 Å². The van der Waals surface area contributed by atoms with Gasteiger partial charge in [-0.15, -0.1) is 0 Å². The lowest BCUT2D eigenvalue weighted by atomic mass is 9.88. The maximum Gasteiger partial charge on any atom is 0.252 e. The first kappa shape index (κ1) is 11.9. The smallest absolute Gasteiger partial charge is 0.252 e. The Morgan fingerprint density at radius 2 is 2.06 bits per heavy atom. The van der Waals surface area contributed by atoms with E-state index in [4.69, 9.17) is 10.3 Å². The second kappa shape index (κ2) is 4.33. The summed E-state index contributed by atoms with van der Waals surface area (Å²) >= 11 is 0. The molecule has 0 radical (unpaired) electrons. The lowest BCUT2D eigenvalue weighted by Crippen LogP contribution is -2.36. The highest BCUT2D eigenvalue weighted by Crippen LogP contribution is 2.32. The molecule has 0 amide bonds. The summed E-state index contributed by atoms with van der Waals surface area (Å²) in [6, 6.07) is 3.97. The van der Waals surface area contributed by atoms with Crippen molar-refractivity contribution >= 4 is 0 Å². The molecule has 92 valence electrons. The predicted molar refractivity (Wildman–Crippen MR) is 64.2 cm³/mol. The van der Waals surface area contributed by atoms with Crippen molar-refractivity contribution in [2.24, 2.45) is 11.7 Å². The van der Waals surface area contributed by atoms with Crippen LogP contribution in [-0.2, 0) is 12.1 Å². The van der Waals surface area contributed by atoms with Crippen LogP contribution < -0.4 is 5.73 Å². The topological polar surface area (TPSA) is 69.9 Å². The van der Waals surface area contributed by atoms with Gasteiger partial charge in [0.05, 0.1) is 6.54 Å². The van der Waals surface area contributed by atoms with Gasteiger partial charge >= 0.3 is 0 Å². The highest BCUT2D eigenvalue weighted by Gasteiger charge is 2.37. The Balaban J connectivity index is 2.48. The van der Waals surface area contributed by atoms with Gasteiger partial charge < -0.3 is 14.8 Å². The largest absolute Gasteiger partial charge is 0.339 e. The van der Waals surface area contributed by atoms with Crippen LogP contribution in [0.3, 0.4) is 0 Å². The van der Waals surface area contributed by atoms with Crippen LogP contribution in [0.5, 0.6) is 0 Å². The van der Waals surface area contributed by atoms with Gasteiger partial charge in [0.15, 0.2) is 5.82 Å². The lowest BCUT2D eigenvalue weighted by molar-refractivity contribution is 0.199. The van der Waals surface area contributed by atoms with Gasteiger partial charge in [-0.25, -0.2) is 0 Å². The summed E-state index contributed by atoms with van der Waals surface area (Å²) in [5, 5.41) is 3.87. The Kier molecular flexibility index (Phi) is 3.02. The highest BCUT2D eigenvalue weighted by atomic mass is 16.5. The normalized spacial score (nSPS) is 15.1. The van der Waals surface area contributed by atoms with Crippen molar-refractivity contribution < 1.29 is 4.52 Å². The van der Waals surface area contributed by atoms with Gasteiger partial charge in [-0.2, -0.15) is 4.98 Å². The number of nitrogens with two attached hydrogens (primary N) is 1. The van der Waals surface area contributed by atoms with Gasteiger partial charge in [0.25, 0.3) is 5.89 Å². The van der Waals surface area contributed by atoms with Gasteiger partial charge in [0, 0.05) is 12.4 Å². The van der Waals surface area contributed by atoms with Gasteiger partial charge in [-0.1, -0.05) is 19.0 Å². The van der Waals surface area contributed by atoms with Gasteiger partial charge in [-0.3, -0.25) is 0 Å². The molecule has 0 aliphatic rings. The standard InChI is InChI=1S/C12H18N4O/c1-9(2)12(3,16-6-4-5-7-16)11-14-10(8-13)15-17-11/h4-7,9H,8,13H2,1-3H3/t12-/m1/s1. The minimum absolute atomic E-state index is 0.295. The molecule has 0 aromatic carbocycles. The lowest BCUT2D eigenvalue weighted by Gasteiger charge is -2.31. The first-order chi connectivity index (χ1) is 8.09. The van der Waals surface area contributed by atoms with Crippen LogP contribution in [-0.4, -0.2) is 14.7 Å². The van der Waals surface area contributed by atoms with Crippen molar-refractivity contribution in [3.63, 3.8) is 0 Å². The molecule has 2 aromatic heterocycles. The summed E-state index contributed by atoms with van der Waals surface area (Å²) in [5.41, 5.74) is 5.17. The van der Waals surface area contributed by atoms with E-state index in [-0.39, 0.29) is 5.54 Å². The Bertz CT molecular complexity index is 474. The summed E-state index contributed by atoms with van der Waals surface area (Å²) in [4.78, 5) is 4.35. The molecule has 0 aliphatic carbocycles. The van der Waals surface area contributed by atoms with E-state index < -0.39 is 0 Å². The minimum Gasteiger partial charge on any atom is -0.339 e. The molecule has 2 aromatic rings. The molecule has 17 heavy (non-hydrogen) atoms.